The average Bonchev–Trinajstić information content (AvgIpc) is 2.70. The van der Waals surface area contributed by atoms with Gasteiger partial charge in [0.2, 0.25) is 0 Å². The number of guanidine groups is 1. The van der Waals surface area contributed by atoms with Gasteiger partial charge in [-0.1, -0.05) is 48.5 Å². The highest BCUT2D eigenvalue weighted by atomic mass is 127. The van der Waals surface area contributed by atoms with E-state index in [1.807, 2.05) is 48.5 Å². The minimum atomic E-state index is 0. The van der Waals surface area contributed by atoms with Gasteiger partial charge in [-0.2, -0.15) is 0 Å². The van der Waals surface area contributed by atoms with Gasteiger partial charge >= 0.3 is 0 Å². The molecule has 0 saturated carbocycles. The summed E-state index contributed by atoms with van der Waals surface area (Å²) >= 11 is 0. The molecule has 6 heteroatoms. The van der Waals surface area contributed by atoms with Gasteiger partial charge in [0.15, 0.2) is 5.96 Å². The van der Waals surface area contributed by atoms with Crippen LogP contribution in [-0.2, 0) is 11.3 Å². The zero-order chi connectivity index (χ0) is 18.3. The van der Waals surface area contributed by atoms with E-state index >= 15 is 0 Å². The van der Waals surface area contributed by atoms with Gasteiger partial charge in [-0.3, -0.25) is 4.99 Å². The van der Waals surface area contributed by atoms with Gasteiger partial charge in [-0.05, 0) is 30.5 Å². The van der Waals surface area contributed by atoms with Crippen LogP contribution in [0.25, 0.3) is 0 Å². The number of hydrogen-bond donors (Lipinski definition) is 2. The number of nitrogens with one attached hydrogen (secondary N) is 2. The minimum Gasteiger partial charge on any atom is -0.492 e. The van der Waals surface area contributed by atoms with Crippen molar-refractivity contribution in [2.45, 2.75) is 19.4 Å². The number of rotatable bonds is 11. The molecule has 2 N–H and O–H groups in total. The molecule has 2 aromatic carbocycles. The predicted molar refractivity (Wildman–Crippen MR) is 122 cm³/mol. The van der Waals surface area contributed by atoms with Crippen molar-refractivity contribution in [2.75, 3.05) is 33.4 Å². The molecule has 2 aromatic rings. The molecule has 27 heavy (non-hydrogen) atoms. The van der Waals surface area contributed by atoms with Gasteiger partial charge in [-0.15, -0.1) is 24.0 Å². The van der Waals surface area contributed by atoms with Crippen molar-refractivity contribution in [1.82, 2.24) is 10.6 Å². The summed E-state index contributed by atoms with van der Waals surface area (Å²) < 4.78 is 11.3. The van der Waals surface area contributed by atoms with E-state index in [4.69, 9.17) is 9.47 Å². The topological polar surface area (TPSA) is 54.9 Å². The number of para-hydroxylation sites is 1. The summed E-state index contributed by atoms with van der Waals surface area (Å²) in [5.74, 6) is 1.68. The van der Waals surface area contributed by atoms with Crippen LogP contribution in [0, 0.1) is 0 Å². The van der Waals surface area contributed by atoms with Crippen molar-refractivity contribution in [3.8, 4) is 5.75 Å². The average molecular weight is 483 g/mol. The van der Waals surface area contributed by atoms with Crippen molar-refractivity contribution in [1.29, 1.82) is 0 Å². The van der Waals surface area contributed by atoms with Crippen LogP contribution in [0.5, 0.6) is 5.75 Å². The largest absolute Gasteiger partial charge is 0.492 e. The van der Waals surface area contributed by atoms with Crippen molar-refractivity contribution in [2.24, 2.45) is 4.99 Å². The summed E-state index contributed by atoms with van der Waals surface area (Å²) in [6.07, 6.45) is 2.06. The van der Waals surface area contributed by atoms with Crippen LogP contribution < -0.4 is 15.4 Å². The molecule has 0 radical (unpaired) electrons. The maximum Gasteiger partial charge on any atom is 0.191 e. The zero-order valence-electron chi connectivity index (χ0n) is 15.9. The molecule has 2 rings (SSSR count). The van der Waals surface area contributed by atoms with Crippen LogP contribution in [0.4, 0.5) is 0 Å². The molecule has 5 nitrogen and oxygen atoms in total. The monoisotopic (exact) mass is 483 g/mol. The Hall–Kier alpha value is -1.80. The van der Waals surface area contributed by atoms with E-state index in [2.05, 4.69) is 27.8 Å². The molecule has 0 saturated heterocycles. The van der Waals surface area contributed by atoms with Crippen LogP contribution in [0.3, 0.4) is 0 Å². The molecule has 0 bridgehead atoms. The molecular formula is C21H30IN3O2. The molecule has 0 atom stereocenters. The molecule has 148 valence electrons. The first kappa shape index (κ1) is 23.2. The molecule has 0 aliphatic rings. The summed E-state index contributed by atoms with van der Waals surface area (Å²) in [6.45, 7) is 3.62. The second kappa shape index (κ2) is 15.3. The molecule has 0 heterocycles. The van der Waals surface area contributed by atoms with Crippen LogP contribution in [0.2, 0.25) is 0 Å². The van der Waals surface area contributed by atoms with Gasteiger partial charge in [0.05, 0.1) is 13.2 Å². The smallest absolute Gasteiger partial charge is 0.191 e. The van der Waals surface area contributed by atoms with E-state index in [0.717, 1.165) is 37.7 Å². The van der Waals surface area contributed by atoms with E-state index in [-0.39, 0.29) is 24.0 Å². The first-order valence-electron chi connectivity index (χ1n) is 9.12. The van der Waals surface area contributed by atoms with E-state index in [1.165, 1.54) is 5.56 Å². The molecule has 0 aromatic heterocycles. The Balaban J connectivity index is 0.00000364. The maximum absolute atomic E-state index is 5.68. The Morgan fingerprint density at radius 2 is 1.52 bits per heavy atom. The second-order valence-electron chi connectivity index (χ2n) is 5.83. The van der Waals surface area contributed by atoms with Crippen molar-refractivity contribution in [3.63, 3.8) is 0 Å². The third-order valence-corrected chi connectivity index (χ3v) is 3.75. The SMILES string of the molecule is CN=C(NCCCCOCc1ccccc1)NCCOc1ccccc1.I. The van der Waals surface area contributed by atoms with Crippen molar-refractivity contribution < 1.29 is 9.47 Å². The summed E-state index contributed by atoms with van der Waals surface area (Å²) in [5.41, 5.74) is 1.22. The third-order valence-electron chi connectivity index (χ3n) is 3.75. The minimum absolute atomic E-state index is 0. The second-order valence-corrected chi connectivity index (χ2v) is 5.83. The number of nitrogens with zero attached hydrogens (tertiary/aromatic N) is 1. The fourth-order valence-corrected chi connectivity index (χ4v) is 2.38. The number of halogens is 1. The fourth-order valence-electron chi connectivity index (χ4n) is 2.38. The lowest BCUT2D eigenvalue weighted by Gasteiger charge is -2.12. The fraction of sp³-hybridized carbons (Fsp3) is 0.381. The Bertz CT molecular complexity index is 624. The molecule has 0 unspecified atom stereocenters. The number of unbranched alkanes of at least 4 members (excludes halogenated alkanes) is 1. The number of benzene rings is 2. The molecule has 0 aliphatic heterocycles. The highest BCUT2D eigenvalue weighted by molar-refractivity contribution is 14.0. The molecule has 0 amide bonds. The quantitative estimate of drug-likeness (QED) is 0.221. The van der Waals surface area contributed by atoms with Crippen LogP contribution in [0.1, 0.15) is 18.4 Å². The van der Waals surface area contributed by atoms with Crippen molar-refractivity contribution in [3.05, 3.63) is 66.2 Å². The van der Waals surface area contributed by atoms with E-state index in [0.29, 0.717) is 19.8 Å². The normalized spacial score (nSPS) is 10.8. The molecule has 0 aliphatic carbocycles. The zero-order valence-corrected chi connectivity index (χ0v) is 18.2. The molecule has 0 fully saturated rings. The lowest BCUT2D eigenvalue weighted by Crippen LogP contribution is -2.39. The van der Waals surface area contributed by atoms with Crippen LogP contribution in [0.15, 0.2) is 65.7 Å². The highest BCUT2D eigenvalue weighted by Gasteiger charge is 1.98. The summed E-state index contributed by atoms with van der Waals surface area (Å²) in [5, 5.41) is 6.55. The first-order valence-corrected chi connectivity index (χ1v) is 9.12. The maximum atomic E-state index is 5.68. The van der Waals surface area contributed by atoms with Crippen LogP contribution in [-0.4, -0.2) is 39.3 Å². The van der Waals surface area contributed by atoms with E-state index in [9.17, 15) is 0 Å². The Kier molecular flexibility index (Phi) is 13.1. The number of ether oxygens (including phenoxy) is 2. The van der Waals surface area contributed by atoms with E-state index in [1.54, 1.807) is 7.05 Å². The first-order chi connectivity index (χ1) is 12.9. The lowest BCUT2D eigenvalue weighted by atomic mass is 10.2. The Labute approximate surface area is 179 Å². The molecular weight excluding hydrogens is 453 g/mol. The standard InChI is InChI=1S/C21H29N3O2.HI/c1-22-21(24-15-17-26-20-12-6-3-7-13-20)23-14-8-9-16-25-18-19-10-4-2-5-11-19;/h2-7,10-13H,8-9,14-18H2,1H3,(H2,22,23,24);1H. The Morgan fingerprint density at radius 1 is 0.852 bits per heavy atom. The van der Waals surface area contributed by atoms with Gasteiger partial charge < -0.3 is 20.1 Å². The highest BCUT2D eigenvalue weighted by Crippen LogP contribution is 2.07. The number of aliphatic imine (C=N–C) groups is 1. The summed E-state index contributed by atoms with van der Waals surface area (Å²) in [4.78, 5) is 4.21. The lowest BCUT2D eigenvalue weighted by molar-refractivity contribution is 0.117. The predicted octanol–water partition coefficient (Wildman–Crippen LogP) is 3.85. The van der Waals surface area contributed by atoms with E-state index < -0.39 is 0 Å². The summed E-state index contributed by atoms with van der Waals surface area (Å²) in [6, 6.07) is 20.1. The van der Waals surface area contributed by atoms with Gasteiger partial charge in [0.25, 0.3) is 0 Å². The Morgan fingerprint density at radius 3 is 2.22 bits per heavy atom. The van der Waals surface area contributed by atoms with Crippen molar-refractivity contribution >= 4 is 29.9 Å². The van der Waals surface area contributed by atoms with Gasteiger partial charge in [0, 0.05) is 20.2 Å². The van der Waals surface area contributed by atoms with Crippen LogP contribution >= 0.6 is 24.0 Å². The summed E-state index contributed by atoms with van der Waals surface area (Å²) in [7, 11) is 1.77. The number of hydrogen-bond acceptors (Lipinski definition) is 3. The van der Waals surface area contributed by atoms with Gasteiger partial charge in [-0.25, -0.2) is 0 Å². The van der Waals surface area contributed by atoms with Gasteiger partial charge in [0.1, 0.15) is 12.4 Å². The molecule has 0 spiro atoms. The third kappa shape index (κ3) is 10.8.